The first-order valence-corrected chi connectivity index (χ1v) is 3.81. The van der Waals surface area contributed by atoms with Crippen molar-refractivity contribution < 1.29 is 39.5 Å². The van der Waals surface area contributed by atoms with E-state index in [1.54, 1.807) is 0 Å². The molecule has 1 rings (SSSR count). The van der Waals surface area contributed by atoms with Crippen molar-refractivity contribution in [3.8, 4) is 0 Å². The average molecular weight is 220 g/mol. The Morgan fingerprint density at radius 3 is 2.67 bits per heavy atom. The van der Waals surface area contributed by atoms with Crippen LogP contribution in [0.1, 0.15) is 0 Å². The van der Waals surface area contributed by atoms with Crippen LogP contribution < -0.4 is 0 Å². The van der Waals surface area contributed by atoms with Crippen LogP contribution in [0.3, 0.4) is 0 Å². The van der Waals surface area contributed by atoms with Crippen LogP contribution in [0.4, 0.5) is 4.79 Å². The zero-order valence-corrected chi connectivity index (χ0v) is 7.28. The minimum absolute atomic E-state index is 0.762. The number of carboxylic acid groups (broad SMARTS) is 1. The number of hydrogen-bond acceptors (Lipinski definition) is 7. The predicted molar refractivity (Wildman–Crippen MR) is 41.7 cm³/mol. The lowest BCUT2D eigenvalue weighted by atomic mass is 10.2. The molecule has 0 aromatic heterocycles. The van der Waals surface area contributed by atoms with Crippen molar-refractivity contribution in [1.29, 1.82) is 0 Å². The summed E-state index contributed by atoms with van der Waals surface area (Å²) in [5.41, 5.74) is 0. The molecule has 84 valence electrons. The average Bonchev–Trinajstić information content (AvgIpc) is 2.44. The highest BCUT2D eigenvalue weighted by Crippen LogP contribution is 2.23. The van der Waals surface area contributed by atoms with E-state index < -0.39 is 42.5 Å². The van der Waals surface area contributed by atoms with Crippen molar-refractivity contribution in [3.05, 3.63) is 11.5 Å². The lowest BCUT2D eigenvalue weighted by molar-refractivity contribution is -0.148. The van der Waals surface area contributed by atoms with Gasteiger partial charge in [-0.1, -0.05) is 0 Å². The van der Waals surface area contributed by atoms with Crippen molar-refractivity contribution in [1.82, 2.24) is 0 Å². The Hall–Kier alpha value is -1.80. The third kappa shape index (κ3) is 2.17. The highest BCUT2D eigenvalue weighted by molar-refractivity contribution is 5.91. The normalized spacial score (nSPS) is 22.5. The Morgan fingerprint density at radius 1 is 1.60 bits per heavy atom. The number of cyclic esters (lactones) is 1. The third-order valence-electron chi connectivity index (χ3n) is 1.65. The number of esters is 1. The molecule has 4 N–H and O–H groups in total. The molecule has 1 aliphatic rings. The Morgan fingerprint density at radius 2 is 2.20 bits per heavy atom. The van der Waals surface area contributed by atoms with Gasteiger partial charge in [0.1, 0.15) is 6.10 Å². The van der Waals surface area contributed by atoms with E-state index in [-0.39, 0.29) is 0 Å². The fourth-order valence-corrected chi connectivity index (χ4v) is 0.996. The molecule has 15 heavy (non-hydrogen) atoms. The first-order chi connectivity index (χ1) is 6.97. The Bertz CT molecular complexity index is 319. The van der Waals surface area contributed by atoms with Crippen molar-refractivity contribution >= 4 is 12.1 Å². The summed E-state index contributed by atoms with van der Waals surface area (Å²) in [6.45, 7) is -0.762. The highest BCUT2D eigenvalue weighted by Gasteiger charge is 2.41. The molecule has 8 heteroatoms. The van der Waals surface area contributed by atoms with E-state index >= 15 is 0 Å². The monoisotopic (exact) mass is 220 g/mol. The van der Waals surface area contributed by atoms with Crippen LogP contribution in [-0.4, -0.2) is 51.4 Å². The van der Waals surface area contributed by atoms with Crippen LogP contribution in [0.2, 0.25) is 0 Å². The van der Waals surface area contributed by atoms with E-state index in [9.17, 15) is 14.7 Å². The molecular weight excluding hydrogens is 212 g/mol. The van der Waals surface area contributed by atoms with E-state index in [0.717, 1.165) is 0 Å². The quantitative estimate of drug-likeness (QED) is 0.432. The fraction of sp³-hybridized carbons (Fsp3) is 0.429. The zero-order chi connectivity index (χ0) is 11.6. The molecule has 0 spiro atoms. The van der Waals surface area contributed by atoms with Gasteiger partial charge in [0.2, 0.25) is 0 Å². The number of carbonyl (C=O) groups is 2. The van der Waals surface area contributed by atoms with Gasteiger partial charge in [-0.2, -0.15) is 0 Å². The SMILES string of the molecule is O=C(O)OC1=C(O)[C@@H]([C@@H](O)CO)OC1=O. The highest BCUT2D eigenvalue weighted by atomic mass is 16.7. The predicted octanol–water partition coefficient (Wildman–Crippen LogP) is -1.27. The van der Waals surface area contributed by atoms with Gasteiger partial charge in [-0.05, 0) is 0 Å². The summed E-state index contributed by atoms with van der Waals surface area (Å²) in [4.78, 5) is 21.0. The topological polar surface area (TPSA) is 134 Å². The molecule has 0 unspecified atom stereocenters. The molecule has 8 nitrogen and oxygen atoms in total. The first kappa shape index (κ1) is 11.3. The fourth-order valence-electron chi connectivity index (χ4n) is 0.996. The van der Waals surface area contributed by atoms with Gasteiger partial charge in [-0.15, -0.1) is 0 Å². The van der Waals surface area contributed by atoms with Crippen LogP contribution >= 0.6 is 0 Å². The number of aliphatic hydroxyl groups is 3. The third-order valence-corrected chi connectivity index (χ3v) is 1.65. The number of ether oxygens (including phenoxy) is 2. The minimum atomic E-state index is -1.80. The number of aliphatic hydroxyl groups excluding tert-OH is 3. The summed E-state index contributed by atoms with van der Waals surface area (Å²) in [7, 11) is 0. The maximum absolute atomic E-state index is 10.9. The second-order valence-corrected chi connectivity index (χ2v) is 2.66. The molecule has 0 saturated carbocycles. The van der Waals surface area contributed by atoms with E-state index in [1.807, 2.05) is 0 Å². The van der Waals surface area contributed by atoms with Crippen molar-refractivity contribution in [2.75, 3.05) is 6.61 Å². The molecule has 1 heterocycles. The summed E-state index contributed by atoms with van der Waals surface area (Å²) in [5, 5.41) is 35.1. The van der Waals surface area contributed by atoms with E-state index in [0.29, 0.717) is 0 Å². The zero-order valence-electron chi connectivity index (χ0n) is 7.28. The van der Waals surface area contributed by atoms with Crippen molar-refractivity contribution in [2.45, 2.75) is 12.2 Å². The van der Waals surface area contributed by atoms with Gasteiger partial charge < -0.3 is 29.9 Å². The summed E-state index contributed by atoms with van der Waals surface area (Å²) < 4.78 is 8.32. The Balaban J connectivity index is 2.88. The van der Waals surface area contributed by atoms with Crippen LogP contribution in [0.25, 0.3) is 0 Å². The standard InChI is InChI=1S/C7H8O8/c8-1-2(9)4-3(10)5(6(11)14-4)15-7(12)13/h2,4,8-10H,1H2,(H,12,13)/t2-,4+/m0/s1. The molecule has 0 amide bonds. The van der Waals surface area contributed by atoms with E-state index in [4.69, 9.17) is 15.3 Å². The summed E-state index contributed by atoms with van der Waals surface area (Å²) in [6, 6.07) is 0. The Labute approximate surface area is 83.0 Å². The van der Waals surface area contributed by atoms with Gasteiger partial charge in [0.25, 0.3) is 5.76 Å². The largest absolute Gasteiger partial charge is 0.511 e. The van der Waals surface area contributed by atoms with Crippen LogP contribution in [-0.2, 0) is 14.3 Å². The molecule has 0 radical (unpaired) electrons. The maximum Gasteiger partial charge on any atom is 0.511 e. The number of rotatable bonds is 3. The van der Waals surface area contributed by atoms with Gasteiger partial charge in [-0.3, -0.25) is 0 Å². The summed E-state index contributed by atoms with van der Waals surface area (Å²) in [6.07, 6.45) is -4.84. The van der Waals surface area contributed by atoms with Gasteiger partial charge in [0.15, 0.2) is 11.9 Å². The van der Waals surface area contributed by atoms with Crippen LogP contribution in [0, 0.1) is 0 Å². The second-order valence-electron chi connectivity index (χ2n) is 2.66. The van der Waals surface area contributed by atoms with Gasteiger partial charge in [0.05, 0.1) is 6.61 Å². The van der Waals surface area contributed by atoms with E-state index in [2.05, 4.69) is 9.47 Å². The maximum atomic E-state index is 10.9. The van der Waals surface area contributed by atoms with Crippen molar-refractivity contribution in [3.63, 3.8) is 0 Å². The number of carbonyl (C=O) groups excluding carboxylic acids is 1. The molecule has 2 atom stereocenters. The van der Waals surface area contributed by atoms with Gasteiger partial charge in [0, 0.05) is 0 Å². The number of hydrogen-bond donors (Lipinski definition) is 4. The Kier molecular flexibility index (Phi) is 3.12. The summed E-state index contributed by atoms with van der Waals surface area (Å²) >= 11 is 0. The van der Waals surface area contributed by atoms with Crippen LogP contribution in [0.5, 0.6) is 0 Å². The summed E-state index contributed by atoms with van der Waals surface area (Å²) in [5.74, 6) is -2.98. The van der Waals surface area contributed by atoms with Gasteiger partial charge >= 0.3 is 12.1 Å². The smallest absolute Gasteiger partial charge is 0.505 e. The first-order valence-electron chi connectivity index (χ1n) is 3.81. The minimum Gasteiger partial charge on any atom is -0.505 e. The lowest BCUT2D eigenvalue weighted by Gasteiger charge is -2.13. The molecule has 0 bridgehead atoms. The van der Waals surface area contributed by atoms with Crippen molar-refractivity contribution in [2.24, 2.45) is 0 Å². The molecule has 0 saturated heterocycles. The van der Waals surface area contributed by atoms with Crippen LogP contribution in [0.15, 0.2) is 11.5 Å². The second kappa shape index (κ2) is 4.15. The van der Waals surface area contributed by atoms with E-state index in [1.165, 1.54) is 0 Å². The molecule has 0 aromatic carbocycles. The van der Waals surface area contributed by atoms with Gasteiger partial charge in [-0.25, -0.2) is 9.59 Å². The molecule has 0 fully saturated rings. The molecular formula is C7H8O8. The molecule has 0 aliphatic carbocycles. The lowest BCUT2D eigenvalue weighted by Crippen LogP contribution is -2.31. The molecule has 0 aromatic rings. The molecule has 1 aliphatic heterocycles.